The zero-order chi connectivity index (χ0) is 40.3. The summed E-state index contributed by atoms with van der Waals surface area (Å²) < 4.78 is 9.10. The topological polar surface area (TPSA) is 56.1 Å². The molecule has 0 aliphatic carbocycles. The van der Waals surface area contributed by atoms with Crippen LogP contribution in [0.4, 0.5) is 17.1 Å². The molecule has 9 aromatic carbocycles. The first kappa shape index (κ1) is 34.7. The van der Waals surface area contributed by atoms with Gasteiger partial charge in [0.25, 0.3) is 0 Å². The number of nitrogens with zero attached hydrogens (tertiary/aromatic N) is 5. The van der Waals surface area contributed by atoms with E-state index in [-0.39, 0.29) is 0 Å². The summed E-state index contributed by atoms with van der Waals surface area (Å²) >= 11 is 0. The average Bonchev–Trinajstić information content (AvgIpc) is 3.67. The van der Waals surface area contributed by atoms with Crippen molar-refractivity contribution >= 4 is 49.6 Å². The highest BCUT2D eigenvalue weighted by Gasteiger charge is 2.25. The Morgan fingerprint density at radius 3 is 1.67 bits per heavy atom. The van der Waals surface area contributed by atoms with Crippen molar-refractivity contribution in [2.75, 3.05) is 4.90 Å². The molecule has 0 bridgehead atoms. The molecule has 3 heterocycles. The molecule has 0 saturated heterocycles. The van der Waals surface area contributed by atoms with Gasteiger partial charge in [-0.25, -0.2) is 15.0 Å². The summed E-state index contributed by atoms with van der Waals surface area (Å²) in [6.45, 7) is 0. The predicted molar refractivity (Wildman–Crippen MR) is 248 cm³/mol. The molecule has 0 unspecified atom stereocenters. The molecule has 6 nitrogen and oxygen atoms in total. The molecule has 0 radical (unpaired) electrons. The lowest BCUT2D eigenvalue weighted by Crippen LogP contribution is -2.10. The van der Waals surface area contributed by atoms with Crippen molar-refractivity contribution in [3.8, 4) is 62.5 Å². The summed E-state index contributed by atoms with van der Waals surface area (Å²) in [5.74, 6) is 3.47. The van der Waals surface area contributed by atoms with Crippen LogP contribution in [0, 0.1) is 0 Å². The number of hydrogen-bond donors (Lipinski definition) is 0. The zero-order valence-corrected chi connectivity index (χ0v) is 32.9. The molecule has 0 atom stereocenters. The minimum absolute atomic E-state index is 0.607. The summed E-state index contributed by atoms with van der Waals surface area (Å²) in [4.78, 5) is 17.5. The molecule has 6 heteroatoms. The van der Waals surface area contributed by atoms with E-state index < -0.39 is 0 Å². The number of rotatable bonds is 7. The normalized spacial score (nSPS) is 11.7. The third-order valence-electron chi connectivity index (χ3n) is 11.6. The van der Waals surface area contributed by atoms with Crippen LogP contribution in [-0.4, -0.2) is 19.5 Å². The Labute approximate surface area is 352 Å². The molecular formula is C55H35N5O. The van der Waals surface area contributed by atoms with E-state index in [2.05, 4.69) is 155 Å². The third-order valence-corrected chi connectivity index (χ3v) is 11.6. The summed E-state index contributed by atoms with van der Waals surface area (Å²) in [6, 6.07) is 73.9. The van der Waals surface area contributed by atoms with E-state index in [1.165, 1.54) is 16.3 Å². The van der Waals surface area contributed by atoms with Crippen LogP contribution in [0.15, 0.2) is 212 Å². The molecule has 0 N–H and O–H groups in total. The predicted octanol–water partition coefficient (Wildman–Crippen LogP) is 14.4. The molecule has 11 aromatic rings. The Kier molecular flexibility index (Phi) is 8.06. The summed E-state index contributed by atoms with van der Waals surface area (Å²) in [5.41, 5.74) is 11.5. The molecule has 0 fully saturated rings. The SMILES string of the molecule is c1ccc(-c2nc(-c3ccccc3)nc(-c3ccc4c5c(cccc35)-c3cc(N(c5ccccc5)c5ccc6c(c5)c5ccccc5n6-c5ccccc5)ccc3O4)n2)cc1. The first-order valence-corrected chi connectivity index (χ1v) is 20.4. The van der Waals surface area contributed by atoms with E-state index in [1.807, 2.05) is 66.7 Å². The summed E-state index contributed by atoms with van der Waals surface area (Å²) in [7, 11) is 0. The smallest absolute Gasteiger partial charge is 0.164 e. The van der Waals surface area contributed by atoms with Gasteiger partial charge in [0, 0.05) is 61.2 Å². The van der Waals surface area contributed by atoms with Crippen LogP contribution in [-0.2, 0) is 0 Å². The molecule has 286 valence electrons. The zero-order valence-electron chi connectivity index (χ0n) is 32.9. The lowest BCUT2D eigenvalue weighted by molar-refractivity contribution is 0.487. The van der Waals surface area contributed by atoms with Gasteiger partial charge in [-0.05, 0) is 89.8 Å². The van der Waals surface area contributed by atoms with E-state index >= 15 is 0 Å². The first-order valence-electron chi connectivity index (χ1n) is 20.4. The van der Waals surface area contributed by atoms with Crippen LogP contribution < -0.4 is 9.64 Å². The van der Waals surface area contributed by atoms with Gasteiger partial charge in [0.1, 0.15) is 11.5 Å². The van der Waals surface area contributed by atoms with Crippen molar-refractivity contribution in [3.05, 3.63) is 212 Å². The fourth-order valence-corrected chi connectivity index (χ4v) is 8.86. The Morgan fingerprint density at radius 1 is 0.361 bits per heavy atom. The number of fused-ring (bicyclic) bond motifs is 5. The number of para-hydroxylation sites is 3. The van der Waals surface area contributed by atoms with Crippen molar-refractivity contribution < 1.29 is 4.74 Å². The molecule has 1 aliphatic heterocycles. The number of aromatic nitrogens is 4. The van der Waals surface area contributed by atoms with Crippen LogP contribution >= 0.6 is 0 Å². The average molecular weight is 782 g/mol. The third kappa shape index (κ3) is 5.84. The van der Waals surface area contributed by atoms with Crippen LogP contribution in [0.5, 0.6) is 11.5 Å². The van der Waals surface area contributed by atoms with Gasteiger partial charge in [-0.3, -0.25) is 0 Å². The molecule has 0 spiro atoms. The Balaban J connectivity index is 1.02. The van der Waals surface area contributed by atoms with Gasteiger partial charge in [0.2, 0.25) is 0 Å². The lowest BCUT2D eigenvalue weighted by atomic mass is 9.92. The molecule has 0 amide bonds. The van der Waals surface area contributed by atoms with Crippen LogP contribution in [0.25, 0.3) is 83.6 Å². The highest BCUT2D eigenvalue weighted by Crippen LogP contribution is 2.51. The van der Waals surface area contributed by atoms with Crippen LogP contribution in [0.1, 0.15) is 0 Å². The largest absolute Gasteiger partial charge is 0.456 e. The maximum absolute atomic E-state index is 6.75. The highest BCUT2D eigenvalue weighted by molar-refractivity contribution is 6.12. The van der Waals surface area contributed by atoms with Crippen molar-refractivity contribution in [1.82, 2.24) is 19.5 Å². The second-order valence-corrected chi connectivity index (χ2v) is 15.2. The highest BCUT2D eigenvalue weighted by atomic mass is 16.5. The van der Waals surface area contributed by atoms with Crippen molar-refractivity contribution in [2.45, 2.75) is 0 Å². The van der Waals surface area contributed by atoms with E-state index in [4.69, 9.17) is 19.7 Å². The molecule has 61 heavy (non-hydrogen) atoms. The Hall–Kier alpha value is -8.35. The standard InChI is InChI=1S/C55H35N5O/c1-5-16-36(17-6-1)53-56-54(37-18-7-2-8-19-37)58-55(57-53)45-30-33-51-52-43(45)25-15-26-44(52)47-35-41(29-32-50(47)61-51)59(38-20-9-3-10-21-38)40-28-31-49-46(34-40)42-24-13-14-27-48(42)60(49)39-22-11-4-12-23-39/h1-35H. The Bertz CT molecular complexity index is 3380. The first-order chi connectivity index (χ1) is 30.2. The molecular weight excluding hydrogens is 747 g/mol. The van der Waals surface area contributed by atoms with Crippen molar-refractivity contribution in [3.63, 3.8) is 0 Å². The second kappa shape index (κ2) is 14.2. The monoisotopic (exact) mass is 781 g/mol. The van der Waals surface area contributed by atoms with Gasteiger partial charge in [-0.2, -0.15) is 0 Å². The lowest BCUT2D eigenvalue weighted by Gasteiger charge is -2.28. The fraction of sp³-hybridized carbons (Fsp3) is 0. The summed E-state index contributed by atoms with van der Waals surface area (Å²) in [6.07, 6.45) is 0. The quantitative estimate of drug-likeness (QED) is 0.161. The maximum Gasteiger partial charge on any atom is 0.164 e. The minimum Gasteiger partial charge on any atom is -0.456 e. The van der Waals surface area contributed by atoms with E-state index in [0.29, 0.717) is 17.5 Å². The molecule has 12 rings (SSSR count). The number of anilines is 3. The van der Waals surface area contributed by atoms with Crippen molar-refractivity contribution in [2.24, 2.45) is 0 Å². The van der Waals surface area contributed by atoms with Gasteiger partial charge in [-0.1, -0.05) is 133 Å². The van der Waals surface area contributed by atoms with Crippen LogP contribution in [0.2, 0.25) is 0 Å². The van der Waals surface area contributed by atoms with Gasteiger partial charge in [-0.15, -0.1) is 0 Å². The second-order valence-electron chi connectivity index (χ2n) is 15.2. The molecule has 2 aromatic heterocycles. The van der Waals surface area contributed by atoms with Crippen molar-refractivity contribution in [1.29, 1.82) is 0 Å². The summed E-state index contributed by atoms with van der Waals surface area (Å²) in [5, 5.41) is 4.43. The van der Waals surface area contributed by atoms with Gasteiger partial charge in [0.05, 0.1) is 11.0 Å². The van der Waals surface area contributed by atoms with E-state index in [0.717, 1.165) is 78.4 Å². The Morgan fingerprint density at radius 2 is 0.934 bits per heavy atom. The van der Waals surface area contributed by atoms with Gasteiger partial charge < -0.3 is 14.2 Å². The van der Waals surface area contributed by atoms with E-state index in [9.17, 15) is 0 Å². The molecule has 0 saturated carbocycles. The fourth-order valence-electron chi connectivity index (χ4n) is 8.86. The minimum atomic E-state index is 0.607. The number of benzene rings is 9. The molecule has 1 aliphatic rings. The van der Waals surface area contributed by atoms with Gasteiger partial charge in [0.15, 0.2) is 17.5 Å². The maximum atomic E-state index is 6.75. The number of hydrogen-bond acceptors (Lipinski definition) is 5. The van der Waals surface area contributed by atoms with Crippen LogP contribution in [0.3, 0.4) is 0 Å². The van der Waals surface area contributed by atoms with Gasteiger partial charge >= 0.3 is 0 Å². The number of ether oxygens (including phenoxy) is 1. The van der Waals surface area contributed by atoms with E-state index in [1.54, 1.807) is 0 Å².